The second-order valence-electron chi connectivity index (χ2n) is 7.60. The molecule has 0 unspecified atom stereocenters. The van der Waals surface area contributed by atoms with Crippen LogP contribution in [0.3, 0.4) is 0 Å². The molecular weight excluding hydrogens is 405 g/mol. The van der Waals surface area contributed by atoms with E-state index in [9.17, 15) is 9.18 Å². The molecule has 30 heavy (non-hydrogen) atoms. The Morgan fingerprint density at radius 2 is 1.77 bits per heavy atom. The number of aromatic nitrogens is 2. The van der Waals surface area contributed by atoms with Gasteiger partial charge in [0.25, 0.3) is 0 Å². The molecule has 2 heterocycles. The number of benzene rings is 2. The molecule has 4 rings (SSSR count). The van der Waals surface area contributed by atoms with Crippen LogP contribution in [-0.2, 0) is 0 Å². The quantitative estimate of drug-likeness (QED) is 0.604. The van der Waals surface area contributed by atoms with Gasteiger partial charge in [0.15, 0.2) is 5.82 Å². The largest absolute Gasteiger partial charge is 0.382 e. The number of likely N-dealkylation sites (tertiary alicyclic amines) is 1. The van der Waals surface area contributed by atoms with E-state index in [0.717, 1.165) is 18.4 Å². The van der Waals surface area contributed by atoms with Crippen LogP contribution < -0.4 is 11.1 Å². The molecule has 1 aliphatic heterocycles. The minimum absolute atomic E-state index is 0.206. The van der Waals surface area contributed by atoms with Gasteiger partial charge in [-0.1, -0.05) is 30.7 Å². The number of amides is 2. The molecule has 2 amide bonds. The number of carbonyl (C=O) groups excluding carboxylic acids is 1. The molecule has 0 atom stereocenters. The third-order valence-corrected chi connectivity index (χ3v) is 5.66. The van der Waals surface area contributed by atoms with E-state index in [0.29, 0.717) is 41.1 Å². The zero-order valence-electron chi connectivity index (χ0n) is 16.6. The molecule has 6 nitrogen and oxygen atoms in total. The Bertz CT molecular complexity index is 1040. The summed E-state index contributed by atoms with van der Waals surface area (Å²) in [6.07, 6.45) is 1.95. The fourth-order valence-electron chi connectivity index (χ4n) is 3.54. The third kappa shape index (κ3) is 4.11. The zero-order valence-corrected chi connectivity index (χ0v) is 17.4. The Hall–Kier alpha value is -3.06. The Kier molecular flexibility index (Phi) is 5.63. The number of halogens is 2. The maximum atomic E-state index is 13.4. The van der Waals surface area contributed by atoms with E-state index in [1.54, 1.807) is 29.2 Å². The van der Waals surface area contributed by atoms with E-state index in [-0.39, 0.29) is 17.7 Å². The van der Waals surface area contributed by atoms with Crippen LogP contribution in [0.15, 0.2) is 48.5 Å². The summed E-state index contributed by atoms with van der Waals surface area (Å²) in [6.45, 7) is 3.60. The standard InChI is InChI=1S/C22H23ClFN5O/c1-14-10-12-28(13-11-14)22(30)26-20-19(15-2-4-16(23)5-3-15)27-29(21(20)25)18-8-6-17(24)7-9-18/h2-9,14H,10-13,25H2,1H3,(H,26,30). The van der Waals surface area contributed by atoms with Gasteiger partial charge in [0, 0.05) is 23.7 Å². The minimum atomic E-state index is -0.352. The van der Waals surface area contributed by atoms with Crippen LogP contribution in [0.1, 0.15) is 19.8 Å². The van der Waals surface area contributed by atoms with E-state index < -0.39 is 0 Å². The predicted molar refractivity (Wildman–Crippen MR) is 117 cm³/mol. The van der Waals surface area contributed by atoms with Crippen molar-refractivity contribution in [3.05, 3.63) is 59.4 Å². The lowest BCUT2D eigenvalue weighted by molar-refractivity contribution is 0.186. The highest BCUT2D eigenvalue weighted by atomic mass is 35.5. The van der Waals surface area contributed by atoms with Crippen molar-refractivity contribution in [1.82, 2.24) is 14.7 Å². The molecule has 1 fully saturated rings. The molecule has 1 aliphatic rings. The lowest BCUT2D eigenvalue weighted by Crippen LogP contribution is -2.40. The molecule has 0 aliphatic carbocycles. The summed E-state index contributed by atoms with van der Waals surface area (Å²) in [7, 11) is 0. The van der Waals surface area contributed by atoms with Gasteiger partial charge in [0.1, 0.15) is 17.2 Å². The Morgan fingerprint density at radius 3 is 2.40 bits per heavy atom. The number of carbonyl (C=O) groups is 1. The molecule has 0 bridgehead atoms. The Morgan fingerprint density at radius 1 is 1.13 bits per heavy atom. The van der Waals surface area contributed by atoms with E-state index in [2.05, 4.69) is 17.3 Å². The molecule has 0 radical (unpaired) electrons. The van der Waals surface area contributed by atoms with Gasteiger partial charge in [0.05, 0.1) is 5.69 Å². The van der Waals surface area contributed by atoms with Crippen LogP contribution in [0.25, 0.3) is 16.9 Å². The third-order valence-electron chi connectivity index (χ3n) is 5.41. The fourth-order valence-corrected chi connectivity index (χ4v) is 3.67. The van der Waals surface area contributed by atoms with Gasteiger partial charge >= 0.3 is 6.03 Å². The molecule has 2 aromatic carbocycles. The SMILES string of the molecule is CC1CCN(C(=O)Nc2c(-c3ccc(Cl)cc3)nn(-c3ccc(F)cc3)c2N)CC1. The molecule has 0 saturated carbocycles. The first-order valence-corrected chi connectivity index (χ1v) is 10.3. The lowest BCUT2D eigenvalue weighted by Gasteiger charge is -2.30. The second-order valence-corrected chi connectivity index (χ2v) is 8.04. The second kappa shape index (κ2) is 8.36. The summed E-state index contributed by atoms with van der Waals surface area (Å²) in [5, 5.41) is 8.16. The Balaban J connectivity index is 1.72. The number of rotatable bonds is 3. The van der Waals surface area contributed by atoms with Gasteiger partial charge in [-0.25, -0.2) is 13.9 Å². The molecule has 0 spiro atoms. The number of hydrogen-bond acceptors (Lipinski definition) is 3. The summed E-state index contributed by atoms with van der Waals surface area (Å²) in [5.74, 6) is 0.533. The average molecular weight is 428 g/mol. The summed E-state index contributed by atoms with van der Waals surface area (Å²) in [5.41, 5.74) is 8.68. The van der Waals surface area contributed by atoms with Crippen molar-refractivity contribution in [1.29, 1.82) is 0 Å². The number of nitrogens with two attached hydrogens (primary N) is 1. The maximum absolute atomic E-state index is 13.4. The van der Waals surface area contributed by atoms with Crippen LogP contribution in [0, 0.1) is 11.7 Å². The highest BCUT2D eigenvalue weighted by Crippen LogP contribution is 2.35. The minimum Gasteiger partial charge on any atom is -0.382 e. The van der Waals surface area contributed by atoms with Gasteiger partial charge in [-0.15, -0.1) is 0 Å². The number of urea groups is 1. The summed E-state index contributed by atoms with van der Waals surface area (Å²) >= 11 is 6.02. The van der Waals surface area contributed by atoms with E-state index in [1.165, 1.54) is 16.8 Å². The van der Waals surface area contributed by atoms with Crippen LogP contribution in [-0.4, -0.2) is 33.8 Å². The number of hydrogen-bond donors (Lipinski definition) is 2. The highest BCUT2D eigenvalue weighted by Gasteiger charge is 2.25. The van der Waals surface area contributed by atoms with Gasteiger partial charge in [-0.05, 0) is 55.2 Å². The lowest BCUT2D eigenvalue weighted by atomic mass is 10.00. The van der Waals surface area contributed by atoms with Gasteiger partial charge in [-0.3, -0.25) is 0 Å². The molecule has 3 N–H and O–H groups in total. The van der Waals surface area contributed by atoms with Gasteiger partial charge < -0.3 is 16.0 Å². The van der Waals surface area contributed by atoms with E-state index in [1.807, 2.05) is 12.1 Å². The molecular formula is C22H23ClFN5O. The zero-order chi connectivity index (χ0) is 21.3. The van der Waals surface area contributed by atoms with Gasteiger partial charge in [0.2, 0.25) is 0 Å². The molecule has 1 saturated heterocycles. The van der Waals surface area contributed by atoms with Crippen molar-refractivity contribution < 1.29 is 9.18 Å². The molecule has 3 aromatic rings. The summed E-state index contributed by atoms with van der Waals surface area (Å²) < 4.78 is 14.9. The normalized spacial score (nSPS) is 14.7. The first-order chi connectivity index (χ1) is 14.4. The number of nitrogen functional groups attached to an aromatic ring is 1. The van der Waals surface area contributed by atoms with Crippen molar-refractivity contribution in [2.24, 2.45) is 5.92 Å². The molecule has 156 valence electrons. The number of piperidine rings is 1. The van der Waals surface area contributed by atoms with Gasteiger partial charge in [-0.2, -0.15) is 5.10 Å². The number of nitrogens with zero attached hydrogens (tertiary/aromatic N) is 3. The predicted octanol–water partition coefficient (Wildman–Crippen LogP) is 5.18. The monoisotopic (exact) mass is 427 g/mol. The smallest absolute Gasteiger partial charge is 0.322 e. The topological polar surface area (TPSA) is 76.2 Å². The van der Waals surface area contributed by atoms with Crippen LogP contribution in [0.4, 0.5) is 20.7 Å². The van der Waals surface area contributed by atoms with Crippen LogP contribution in [0.5, 0.6) is 0 Å². The van der Waals surface area contributed by atoms with Crippen LogP contribution in [0.2, 0.25) is 5.02 Å². The van der Waals surface area contributed by atoms with E-state index in [4.69, 9.17) is 17.3 Å². The Labute approximate surface area is 179 Å². The highest BCUT2D eigenvalue weighted by molar-refractivity contribution is 6.30. The van der Waals surface area contributed by atoms with Crippen molar-refractivity contribution in [3.63, 3.8) is 0 Å². The van der Waals surface area contributed by atoms with Crippen molar-refractivity contribution in [2.75, 3.05) is 24.1 Å². The van der Waals surface area contributed by atoms with E-state index >= 15 is 0 Å². The summed E-state index contributed by atoms with van der Waals surface area (Å²) in [6, 6.07) is 12.8. The summed E-state index contributed by atoms with van der Waals surface area (Å²) in [4.78, 5) is 14.7. The average Bonchev–Trinajstić information content (AvgIpc) is 3.06. The van der Waals surface area contributed by atoms with Crippen molar-refractivity contribution in [2.45, 2.75) is 19.8 Å². The number of anilines is 2. The van der Waals surface area contributed by atoms with Crippen molar-refractivity contribution >= 4 is 29.1 Å². The van der Waals surface area contributed by atoms with Crippen molar-refractivity contribution in [3.8, 4) is 16.9 Å². The maximum Gasteiger partial charge on any atom is 0.322 e. The van der Waals surface area contributed by atoms with Crippen LogP contribution >= 0.6 is 11.6 Å². The molecule has 8 heteroatoms. The first kappa shape index (κ1) is 20.2. The fraction of sp³-hybridized carbons (Fsp3) is 0.273. The first-order valence-electron chi connectivity index (χ1n) is 9.88. The molecule has 1 aromatic heterocycles. The number of nitrogens with one attached hydrogen (secondary N) is 1.